The summed E-state index contributed by atoms with van der Waals surface area (Å²) in [6, 6.07) is 4.64. The quantitative estimate of drug-likeness (QED) is 0.831. The van der Waals surface area contributed by atoms with Crippen molar-refractivity contribution >= 4 is 5.69 Å². The summed E-state index contributed by atoms with van der Waals surface area (Å²) in [7, 11) is 0. The van der Waals surface area contributed by atoms with Crippen molar-refractivity contribution in [3.63, 3.8) is 0 Å². The van der Waals surface area contributed by atoms with Crippen LogP contribution in [0.1, 0.15) is 38.3 Å². The molecular weight excluding hydrogens is 200 g/mol. The van der Waals surface area contributed by atoms with Gasteiger partial charge < -0.3 is 10.0 Å². The molecule has 0 aromatic carbocycles. The van der Waals surface area contributed by atoms with Crippen molar-refractivity contribution in [1.82, 2.24) is 4.98 Å². The Hall–Kier alpha value is -1.09. The molecule has 88 valence electrons. The summed E-state index contributed by atoms with van der Waals surface area (Å²) in [6.07, 6.45) is 6.98. The Bertz CT molecular complexity index is 340. The van der Waals surface area contributed by atoms with Gasteiger partial charge in [0.25, 0.3) is 0 Å². The normalized spacial score (nSPS) is 21.9. The Balaban J connectivity index is 2.19. The molecule has 3 heteroatoms. The molecule has 1 N–H and O–H groups in total. The minimum atomic E-state index is 0.0239. The molecule has 0 aliphatic carbocycles. The van der Waals surface area contributed by atoms with E-state index in [4.69, 9.17) is 5.11 Å². The van der Waals surface area contributed by atoms with Gasteiger partial charge in [-0.3, -0.25) is 4.98 Å². The highest BCUT2D eigenvalue weighted by atomic mass is 16.3. The summed E-state index contributed by atoms with van der Waals surface area (Å²) in [4.78, 5) is 6.56. The van der Waals surface area contributed by atoms with E-state index in [1.165, 1.54) is 31.4 Å². The Kier molecular flexibility index (Phi) is 3.78. The molecule has 2 rings (SSSR count). The fourth-order valence-corrected chi connectivity index (χ4v) is 2.39. The third kappa shape index (κ3) is 2.53. The van der Waals surface area contributed by atoms with Crippen LogP contribution in [0.15, 0.2) is 18.3 Å². The number of rotatable bonds is 2. The lowest BCUT2D eigenvalue weighted by Gasteiger charge is -2.29. The van der Waals surface area contributed by atoms with Crippen molar-refractivity contribution in [2.75, 3.05) is 11.4 Å². The molecule has 0 amide bonds. The van der Waals surface area contributed by atoms with E-state index in [0.29, 0.717) is 6.04 Å². The van der Waals surface area contributed by atoms with Gasteiger partial charge in [0.2, 0.25) is 0 Å². The fourth-order valence-electron chi connectivity index (χ4n) is 2.39. The van der Waals surface area contributed by atoms with Gasteiger partial charge in [-0.25, -0.2) is 0 Å². The van der Waals surface area contributed by atoms with Gasteiger partial charge in [0, 0.05) is 24.5 Å². The number of anilines is 1. The Morgan fingerprint density at radius 2 is 2.31 bits per heavy atom. The Labute approximate surface area is 97.1 Å². The van der Waals surface area contributed by atoms with Crippen LogP contribution in [-0.2, 0) is 6.61 Å². The number of aliphatic hydroxyl groups is 1. The first kappa shape index (κ1) is 11.4. The second-order valence-electron chi connectivity index (χ2n) is 4.56. The molecular formula is C13H20N2O. The molecule has 1 aliphatic rings. The number of hydrogen-bond acceptors (Lipinski definition) is 3. The van der Waals surface area contributed by atoms with Crippen molar-refractivity contribution in [1.29, 1.82) is 0 Å². The molecule has 1 fully saturated rings. The molecule has 0 saturated carbocycles. The van der Waals surface area contributed by atoms with E-state index in [1.54, 1.807) is 6.20 Å². The van der Waals surface area contributed by atoms with Gasteiger partial charge in [-0.1, -0.05) is 12.8 Å². The summed E-state index contributed by atoms with van der Waals surface area (Å²) in [5.41, 5.74) is 1.96. The molecule has 1 aromatic heterocycles. The van der Waals surface area contributed by atoms with E-state index in [-0.39, 0.29) is 6.61 Å². The van der Waals surface area contributed by atoms with Gasteiger partial charge in [-0.15, -0.1) is 0 Å². The van der Waals surface area contributed by atoms with Crippen LogP contribution in [-0.4, -0.2) is 22.7 Å². The lowest BCUT2D eigenvalue weighted by atomic mass is 10.1. The van der Waals surface area contributed by atoms with E-state index in [1.807, 2.05) is 12.1 Å². The van der Waals surface area contributed by atoms with Gasteiger partial charge in [0.1, 0.15) is 0 Å². The zero-order valence-corrected chi connectivity index (χ0v) is 9.89. The lowest BCUT2D eigenvalue weighted by Crippen LogP contribution is -2.32. The number of aromatic nitrogens is 1. The van der Waals surface area contributed by atoms with Crippen LogP contribution >= 0.6 is 0 Å². The molecule has 0 bridgehead atoms. The highest BCUT2D eigenvalue weighted by molar-refractivity contribution is 5.47. The topological polar surface area (TPSA) is 36.4 Å². The third-order valence-electron chi connectivity index (χ3n) is 3.35. The van der Waals surface area contributed by atoms with E-state index < -0.39 is 0 Å². The van der Waals surface area contributed by atoms with Crippen molar-refractivity contribution < 1.29 is 5.11 Å². The summed E-state index contributed by atoms with van der Waals surface area (Å²) in [5.74, 6) is 0. The van der Waals surface area contributed by atoms with E-state index in [2.05, 4.69) is 16.8 Å². The smallest absolute Gasteiger partial charge is 0.0853 e. The molecule has 0 spiro atoms. The van der Waals surface area contributed by atoms with Gasteiger partial charge >= 0.3 is 0 Å². The maximum absolute atomic E-state index is 9.10. The van der Waals surface area contributed by atoms with Crippen LogP contribution in [0, 0.1) is 0 Å². The number of pyridine rings is 1. The Morgan fingerprint density at radius 3 is 3.12 bits per heavy atom. The van der Waals surface area contributed by atoms with Crippen molar-refractivity contribution in [2.45, 2.75) is 45.3 Å². The Morgan fingerprint density at radius 1 is 1.44 bits per heavy atom. The molecule has 1 saturated heterocycles. The molecule has 0 radical (unpaired) electrons. The number of hydrogen-bond donors (Lipinski definition) is 1. The zero-order valence-electron chi connectivity index (χ0n) is 9.89. The van der Waals surface area contributed by atoms with Crippen LogP contribution in [0.5, 0.6) is 0 Å². The van der Waals surface area contributed by atoms with Gasteiger partial charge in [-0.05, 0) is 31.9 Å². The molecule has 1 atom stereocenters. The van der Waals surface area contributed by atoms with E-state index in [0.717, 1.165) is 12.2 Å². The van der Waals surface area contributed by atoms with Crippen LogP contribution < -0.4 is 4.90 Å². The summed E-state index contributed by atoms with van der Waals surface area (Å²) in [5, 5.41) is 9.10. The summed E-state index contributed by atoms with van der Waals surface area (Å²) >= 11 is 0. The molecule has 1 aromatic rings. The van der Waals surface area contributed by atoms with Gasteiger partial charge in [0.15, 0.2) is 0 Å². The van der Waals surface area contributed by atoms with Crippen LogP contribution in [0.25, 0.3) is 0 Å². The lowest BCUT2D eigenvalue weighted by molar-refractivity contribution is 0.277. The minimum absolute atomic E-state index is 0.0239. The zero-order chi connectivity index (χ0) is 11.4. The van der Waals surface area contributed by atoms with Crippen LogP contribution in [0.3, 0.4) is 0 Å². The SMILES string of the molecule is CC1CCCCCN1c1ccnc(CO)c1. The average Bonchev–Trinajstić information content (AvgIpc) is 2.54. The van der Waals surface area contributed by atoms with E-state index in [9.17, 15) is 0 Å². The molecule has 3 nitrogen and oxygen atoms in total. The van der Waals surface area contributed by atoms with Crippen LogP contribution in [0.2, 0.25) is 0 Å². The molecule has 2 heterocycles. The second kappa shape index (κ2) is 5.30. The maximum atomic E-state index is 9.10. The molecule has 16 heavy (non-hydrogen) atoms. The van der Waals surface area contributed by atoms with Crippen molar-refractivity contribution in [2.24, 2.45) is 0 Å². The van der Waals surface area contributed by atoms with E-state index >= 15 is 0 Å². The van der Waals surface area contributed by atoms with Crippen molar-refractivity contribution in [3.05, 3.63) is 24.0 Å². The van der Waals surface area contributed by atoms with Gasteiger partial charge in [-0.2, -0.15) is 0 Å². The van der Waals surface area contributed by atoms with Crippen LogP contribution in [0.4, 0.5) is 5.69 Å². The monoisotopic (exact) mass is 220 g/mol. The minimum Gasteiger partial charge on any atom is -0.390 e. The highest BCUT2D eigenvalue weighted by Gasteiger charge is 2.17. The second-order valence-corrected chi connectivity index (χ2v) is 4.56. The standard InChI is InChI=1S/C13H20N2O/c1-11-5-3-2-4-8-15(11)13-6-7-14-12(9-13)10-16/h6-7,9,11,16H,2-5,8,10H2,1H3. The largest absolute Gasteiger partial charge is 0.390 e. The summed E-state index contributed by atoms with van der Waals surface area (Å²) in [6.45, 7) is 3.43. The highest BCUT2D eigenvalue weighted by Crippen LogP contribution is 2.24. The fraction of sp³-hybridized carbons (Fsp3) is 0.615. The third-order valence-corrected chi connectivity index (χ3v) is 3.35. The summed E-state index contributed by atoms with van der Waals surface area (Å²) < 4.78 is 0. The predicted molar refractivity (Wildman–Crippen MR) is 65.4 cm³/mol. The predicted octanol–water partition coefficient (Wildman–Crippen LogP) is 2.34. The molecule has 1 aliphatic heterocycles. The number of nitrogens with zero attached hydrogens (tertiary/aromatic N) is 2. The first-order chi connectivity index (χ1) is 7.81. The van der Waals surface area contributed by atoms with Gasteiger partial charge in [0.05, 0.1) is 12.3 Å². The maximum Gasteiger partial charge on any atom is 0.0853 e. The average molecular weight is 220 g/mol. The van der Waals surface area contributed by atoms with Crippen molar-refractivity contribution in [3.8, 4) is 0 Å². The molecule has 1 unspecified atom stereocenters. The first-order valence-electron chi connectivity index (χ1n) is 6.13. The first-order valence-corrected chi connectivity index (χ1v) is 6.13. The number of aliphatic hydroxyl groups excluding tert-OH is 1.